The van der Waals surface area contributed by atoms with E-state index in [1.807, 2.05) is 43.5 Å². The molecule has 0 radical (unpaired) electrons. The van der Waals surface area contributed by atoms with Crippen LogP contribution in [0.15, 0.2) is 60.8 Å². The number of fused-ring (bicyclic) bond motifs is 1. The zero-order valence-electron chi connectivity index (χ0n) is 15.0. The summed E-state index contributed by atoms with van der Waals surface area (Å²) in [5.41, 5.74) is 5.39. The molecule has 0 saturated carbocycles. The highest BCUT2D eigenvalue weighted by Crippen LogP contribution is 2.30. The minimum absolute atomic E-state index is 0.00300. The number of hydrogen-bond acceptors (Lipinski definition) is 2. The summed E-state index contributed by atoms with van der Waals surface area (Å²) < 4.78 is 2.08. The lowest BCUT2D eigenvalue weighted by atomic mass is 9.92. The molecule has 1 atom stereocenters. The number of amides is 1. The van der Waals surface area contributed by atoms with Gasteiger partial charge < -0.3 is 5.32 Å². The molecule has 4 heteroatoms. The van der Waals surface area contributed by atoms with Crippen molar-refractivity contribution in [2.75, 3.05) is 0 Å². The van der Waals surface area contributed by atoms with Gasteiger partial charge in [0, 0.05) is 16.8 Å². The van der Waals surface area contributed by atoms with Gasteiger partial charge in [-0.2, -0.15) is 5.10 Å². The number of aromatic nitrogens is 2. The molecule has 1 aromatic heterocycles. The zero-order chi connectivity index (χ0) is 17.9. The van der Waals surface area contributed by atoms with Crippen LogP contribution in [-0.2, 0) is 13.0 Å². The molecule has 132 valence electrons. The van der Waals surface area contributed by atoms with Gasteiger partial charge in [0.15, 0.2) is 0 Å². The second kappa shape index (κ2) is 7.16. The Labute approximate surface area is 153 Å². The first-order valence-corrected chi connectivity index (χ1v) is 9.17. The minimum Gasteiger partial charge on any atom is -0.345 e. The van der Waals surface area contributed by atoms with Crippen LogP contribution in [0.3, 0.4) is 0 Å². The van der Waals surface area contributed by atoms with Crippen molar-refractivity contribution in [3.8, 4) is 0 Å². The Morgan fingerprint density at radius 2 is 1.92 bits per heavy atom. The Morgan fingerprint density at radius 1 is 1.15 bits per heavy atom. The summed E-state index contributed by atoms with van der Waals surface area (Å²) in [4.78, 5) is 12.7. The smallest absolute Gasteiger partial charge is 0.252 e. The number of carbonyl (C=O) groups excluding carboxylic acids is 1. The Morgan fingerprint density at radius 3 is 2.73 bits per heavy atom. The molecule has 0 bridgehead atoms. The fraction of sp³-hybridized carbons (Fsp3) is 0.273. The maximum absolute atomic E-state index is 12.7. The molecule has 1 aliphatic rings. The number of nitrogens with one attached hydrogen (secondary N) is 1. The van der Waals surface area contributed by atoms with Gasteiger partial charge in [-0.05, 0) is 43.4 Å². The Hall–Kier alpha value is -2.88. The summed E-state index contributed by atoms with van der Waals surface area (Å²) in [5.74, 6) is -0.00300. The molecule has 0 spiro atoms. The number of hydrogen-bond donors (Lipinski definition) is 1. The average Bonchev–Trinajstić information content (AvgIpc) is 3.07. The zero-order valence-corrected chi connectivity index (χ0v) is 15.0. The lowest BCUT2D eigenvalue weighted by Gasteiger charge is -2.24. The highest BCUT2D eigenvalue weighted by atomic mass is 16.1. The van der Waals surface area contributed by atoms with Crippen molar-refractivity contribution >= 4 is 5.91 Å². The molecule has 2 aromatic carbocycles. The predicted molar refractivity (Wildman–Crippen MR) is 102 cm³/mol. The molecule has 0 unspecified atom stereocenters. The van der Waals surface area contributed by atoms with Crippen molar-refractivity contribution in [2.45, 2.75) is 38.8 Å². The van der Waals surface area contributed by atoms with E-state index in [0.717, 1.165) is 42.5 Å². The Bertz CT molecular complexity index is 914. The molecule has 4 nitrogen and oxygen atoms in total. The third-order valence-electron chi connectivity index (χ3n) is 5.13. The standard InChI is InChI=1S/C22H23N3O/c1-16-8-5-6-11-18(16)22(26)24-20-12-7-13-21-19(20)14-23-25(21)15-17-9-3-2-4-10-17/h2-6,8-11,14,20H,7,12-13,15H2,1H3,(H,24,26)/t20-/m0/s1. The van der Waals surface area contributed by atoms with Crippen LogP contribution in [0, 0.1) is 6.92 Å². The van der Waals surface area contributed by atoms with Crippen molar-refractivity contribution in [1.82, 2.24) is 15.1 Å². The van der Waals surface area contributed by atoms with Crippen LogP contribution in [0.1, 0.15) is 51.6 Å². The van der Waals surface area contributed by atoms with E-state index in [4.69, 9.17) is 0 Å². The monoisotopic (exact) mass is 345 g/mol. The van der Waals surface area contributed by atoms with E-state index >= 15 is 0 Å². The summed E-state index contributed by atoms with van der Waals surface area (Å²) in [7, 11) is 0. The quantitative estimate of drug-likeness (QED) is 0.775. The maximum Gasteiger partial charge on any atom is 0.252 e. The van der Waals surface area contributed by atoms with E-state index in [1.54, 1.807) is 0 Å². The third-order valence-corrected chi connectivity index (χ3v) is 5.13. The maximum atomic E-state index is 12.7. The van der Waals surface area contributed by atoms with E-state index in [1.165, 1.54) is 11.3 Å². The van der Waals surface area contributed by atoms with Gasteiger partial charge in [0.05, 0.1) is 18.8 Å². The van der Waals surface area contributed by atoms with Crippen molar-refractivity contribution < 1.29 is 4.79 Å². The average molecular weight is 345 g/mol. The number of carbonyl (C=O) groups is 1. The lowest BCUT2D eigenvalue weighted by Crippen LogP contribution is -2.31. The van der Waals surface area contributed by atoms with Crippen LogP contribution in [0.25, 0.3) is 0 Å². The number of rotatable bonds is 4. The second-order valence-corrected chi connectivity index (χ2v) is 6.92. The molecular weight excluding hydrogens is 322 g/mol. The van der Waals surface area contributed by atoms with Crippen LogP contribution in [0.2, 0.25) is 0 Å². The van der Waals surface area contributed by atoms with Gasteiger partial charge in [0.1, 0.15) is 0 Å². The van der Waals surface area contributed by atoms with Crippen molar-refractivity contribution in [3.63, 3.8) is 0 Å². The molecule has 26 heavy (non-hydrogen) atoms. The first-order valence-electron chi connectivity index (χ1n) is 9.17. The second-order valence-electron chi connectivity index (χ2n) is 6.92. The normalized spacial score (nSPS) is 16.1. The van der Waals surface area contributed by atoms with Crippen LogP contribution >= 0.6 is 0 Å². The molecule has 0 fully saturated rings. The third kappa shape index (κ3) is 3.27. The summed E-state index contributed by atoms with van der Waals surface area (Å²) in [6.07, 6.45) is 4.97. The van der Waals surface area contributed by atoms with Gasteiger partial charge in [0.2, 0.25) is 0 Å². The van der Waals surface area contributed by atoms with Gasteiger partial charge >= 0.3 is 0 Å². The minimum atomic E-state index is -0.00300. The van der Waals surface area contributed by atoms with Crippen LogP contribution < -0.4 is 5.32 Å². The van der Waals surface area contributed by atoms with Crippen molar-refractivity contribution in [2.24, 2.45) is 0 Å². The molecule has 0 saturated heterocycles. The molecule has 0 aliphatic heterocycles. The van der Waals surface area contributed by atoms with Gasteiger partial charge in [-0.1, -0.05) is 48.5 Å². The van der Waals surface area contributed by atoms with Crippen LogP contribution in [0.5, 0.6) is 0 Å². The van der Waals surface area contributed by atoms with E-state index in [2.05, 4.69) is 39.4 Å². The highest BCUT2D eigenvalue weighted by Gasteiger charge is 2.26. The first kappa shape index (κ1) is 16.6. The largest absolute Gasteiger partial charge is 0.345 e. The van der Waals surface area contributed by atoms with E-state index in [0.29, 0.717) is 0 Å². The molecule has 3 aromatic rings. The molecule has 1 N–H and O–H groups in total. The Kier molecular flexibility index (Phi) is 4.57. The molecule has 4 rings (SSSR count). The summed E-state index contributed by atoms with van der Waals surface area (Å²) in [6, 6.07) is 18.1. The Balaban J connectivity index is 1.55. The fourth-order valence-electron chi connectivity index (χ4n) is 3.72. The fourth-order valence-corrected chi connectivity index (χ4v) is 3.72. The van der Waals surface area contributed by atoms with Crippen LogP contribution in [-0.4, -0.2) is 15.7 Å². The van der Waals surface area contributed by atoms with Gasteiger partial charge in [0.25, 0.3) is 5.91 Å². The number of aryl methyl sites for hydroxylation is 1. The highest BCUT2D eigenvalue weighted by molar-refractivity contribution is 5.95. The summed E-state index contributed by atoms with van der Waals surface area (Å²) >= 11 is 0. The summed E-state index contributed by atoms with van der Waals surface area (Å²) in [5, 5.41) is 7.82. The molecule has 1 heterocycles. The first-order chi connectivity index (χ1) is 12.7. The SMILES string of the molecule is Cc1ccccc1C(=O)N[C@H]1CCCc2c1cnn2Cc1ccccc1. The number of benzene rings is 2. The molecule has 1 amide bonds. The van der Waals surface area contributed by atoms with Crippen LogP contribution in [0.4, 0.5) is 0 Å². The molecular formula is C22H23N3O. The molecule has 1 aliphatic carbocycles. The lowest BCUT2D eigenvalue weighted by molar-refractivity contribution is 0.0932. The van der Waals surface area contributed by atoms with Crippen molar-refractivity contribution in [1.29, 1.82) is 0 Å². The van der Waals surface area contributed by atoms with E-state index in [-0.39, 0.29) is 11.9 Å². The van der Waals surface area contributed by atoms with E-state index < -0.39 is 0 Å². The van der Waals surface area contributed by atoms with Gasteiger partial charge in [-0.25, -0.2) is 0 Å². The van der Waals surface area contributed by atoms with Crippen molar-refractivity contribution in [3.05, 3.63) is 88.7 Å². The summed E-state index contributed by atoms with van der Waals surface area (Å²) in [6.45, 7) is 2.74. The number of nitrogens with zero attached hydrogens (tertiary/aromatic N) is 2. The van der Waals surface area contributed by atoms with E-state index in [9.17, 15) is 4.79 Å². The van der Waals surface area contributed by atoms with Gasteiger partial charge in [-0.3, -0.25) is 9.48 Å². The topological polar surface area (TPSA) is 46.9 Å². The van der Waals surface area contributed by atoms with Gasteiger partial charge in [-0.15, -0.1) is 0 Å². The predicted octanol–water partition coefficient (Wildman–Crippen LogP) is 4.05.